The minimum absolute atomic E-state index is 0.294. The van der Waals surface area contributed by atoms with E-state index in [2.05, 4.69) is 5.16 Å². The summed E-state index contributed by atoms with van der Waals surface area (Å²) in [6, 6.07) is 6.78. The third-order valence-corrected chi connectivity index (χ3v) is 2.98. The third-order valence-electron chi connectivity index (χ3n) is 2.73. The zero-order chi connectivity index (χ0) is 15.3. The van der Waals surface area contributed by atoms with Gasteiger partial charge >= 0.3 is 6.18 Å². The minimum atomic E-state index is -4.56. The molecule has 1 rings (SSSR count). The normalized spacial score (nSPS) is 14.6. The molecule has 1 atom stereocenters. The maximum absolute atomic E-state index is 12.8. The average Bonchev–Trinajstić information content (AvgIpc) is 2.36. The highest BCUT2D eigenvalue weighted by molar-refractivity contribution is 6.30. The number of oxime groups is 1. The molecule has 0 aliphatic heterocycles. The second-order valence-corrected chi connectivity index (χ2v) is 4.88. The van der Waals surface area contributed by atoms with Crippen molar-refractivity contribution in [3.8, 4) is 0 Å². The number of hydrogen-bond acceptors (Lipinski definition) is 3. The molecular formula is C12H15ClF3N3O. The van der Waals surface area contributed by atoms with Crippen LogP contribution < -0.4 is 5.73 Å². The lowest BCUT2D eigenvalue weighted by atomic mass is 10.1. The van der Waals surface area contributed by atoms with Crippen LogP contribution in [0.3, 0.4) is 0 Å². The first-order chi connectivity index (χ1) is 9.24. The summed E-state index contributed by atoms with van der Waals surface area (Å²) in [5, 5.41) is 11.4. The topological polar surface area (TPSA) is 61.8 Å². The average molecular weight is 310 g/mol. The molecule has 0 saturated carbocycles. The van der Waals surface area contributed by atoms with Gasteiger partial charge in [-0.05, 0) is 24.7 Å². The molecule has 112 valence electrons. The quantitative estimate of drug-likeness (QED) is 0.380. The number of nitrogens with zero attached hydrogens (tertiary/aromatic N) is 2. The molecule has 1 aromatic carbocycles. The summed E-state index contributed by atoms with van der Waals surface area (Å²) in [4.78, 5) is 1.44. The van der Waals surface area contributed by atoms with Gasteiger partial charge in [-0.2, -0.15) is 13.2 Å². The number of hydrogen-bond donors (Lipinski definition) is 2. The van der Waals surface area contributed by atoms with Crippen molar-refractivity contribution in [3.05, 3.63) is 34.9 Å². The summed E-state index contributed by atoms with van der Waals surface area (Å²) in [5.74, 6) is -2.86. The van der Waals surface area contributed by atoms with E-state index in [0.29, 0.717) is 11.6 Å². The van der Waals surface area contributed by atoms with Crippen molar-refractivity contribution in [2.24, 2.45) is 16.8 Å². The molecule has 0 saturated heterocycles. The number of benzene rings is 1. The molecular weight excluding hydrogens is 295 g/mol. The van der Waals surface area contributed by atoms with Crippen LogP contribution >= 0.6 is 11.6 Å². The highest BCUT2D eigenvalue weighted by Gasteiger charge is 2.43. The summed E-state index contributed by atoms with van der Waals surface area (Å²) >= 11 is 5.73. The van der Waals surface area contributed by atoms with Crippen molar-refractivity contribution < 1.29 is 18.4 Å². The van der Waals surface area contributed by atoms with Gasteiger partial charge in [0.2, 0.25) is 0 Å². The van der Waals surface area contributed by atoms with Crippen molar-refractivity contribution in [2.45, 2.75) is 12.7 Å². The van der Waals surface area contributed by atoms with Crippen molar-refractivity contribution in [1.29, 1.82) is 0 Å². The zero-order valence-corrected chi connectivity index (χ0v) is 11.5. The number of alkyl halides is 3. The van der Waals surface area contributed by atoms with Gasteiger partial charge in [0.05, 0.1) is 0 Å². The second-order valence-electron chi connectivity index (χ2n) is 4.44. The van der Waals surface area contributed by atoms with E-state index in [4.69, 9.17) is 22.5 Å². The summed E-state index contributed by atoms with van der Waals surface area (Å²) in [7, 11) is 1.53. The molecule has 0 amide bonds. The molecule has 0 aromatic heterocycles. The lowest BCUT2D eigenvalue weighted by molar-refractivity contribution is -0.159. The molecule has 0 heterocycles. The molecule has 0 aliphatic rings. The molecule has 0 fully saturated rings. The van der Waals surface area contributed by atoms with E-state index in [1.807, 2.05) is 0 Å². The van der Waals surface area contributed by atoms with Crippen LogP contribution in [0.15, 0.2) is 29.4 Å². The van der Waals surface area contributed by atoms with Gasteiger partial charge in [0.1, 0.15) is 5.92 Å². The highest BCUT2D eigenvalue weighted by atomic mass is 35.5. The van der Waals surface area contributed by atoms with Crippen LogP contribution in [0.1, 0.15) is 5.56 Å². The summed E-state index contributed by atoms with van der Waals surface area (Å²) in [6.07, 6.45) is -4.56. The summed E-state index contributed by atoms with van der Waals surface area (Å²) < 4.78 is 38.4. The molecule has 0 bridgehead atoms. The van der Waals surface area contributed by atoms with Crippen LogP contribution in [-0.2, 0) is 6.54 Å². The predicted molar refractivity (Wildman–Crippen MR) is 70.7 cm³/mol. The van der Waals surface area contributed by atoms with Gasteiger partial charge in [-0.25, -0.2) is 0 Å². The van der Waals surface area contributed by atoms with Gasteiger partial charge in [0.25, 0.3) is 0 Å². The second kappa shape index (κ2) is 6.81. The van der Waals surface area contributed by atoms with Crippen LogP contribution in [0, 0.1) is 5.92 Å². The fourth-order valence-electron chi connectivity index (χ4n) is 1.71. The van der Waals surface area contributed by atoms with Gasteiger partial charge in [0, 0.05) is 18.1 Å². The number of halogens is 4. The SMILES string of the molecule is CN(Cc1ccc(Cl)cc1)CC(/C(N)=N/O)C(F)(F)F. The molecule has 20 heavy (non-hydrogen) atoms. The lowest BCUT2D eigenvalue weighted by Gasteiger charge is -2.25. The molecule has 0 spiro atoms. The van der Waals surface area contributed by atoms with E-state index in [-0.39, 0.29) is 0 Å². The van der Waals surface area contributed by atoms with Crippen LogP contribution in [-0.4, -0.2) is 35.7 Å². The van der Waals surface area contributed by atoms with Crippen molar-refractivity contribution in [2.75, 3.05) is 13.6 Å². The van der Waals surface area contributed by atoms with Crippen molar-refractivity contribution in [3.63, 3.8) is 0 Å². The molecule has 0 aliphatic carbocycles. The fraction of sp³-hybridized carbons (Fsp3) is 0.417. The first-order valence-corrected chi connectivity index (χ1v) is 6.09. The first kappa shape index (κ1) is 16.6. The fourth-order valence-corrected chi connectivity index (χ4v) is 1.84. The Labute approximate surface area is 119 Å². The van der Waals surface area contributed by atoms with Gasteiger partial charge in [-0.3, -0.25) is 0 Å². The van der Waals surface area contributed by atoms with E-state index in [0.717, 1.165) is 5.56 Å². The zero-order valence-electron chi connectivity index (χ0n) is 10.7. The Morgan fingerprint density at radius 2 is 1.95 bits per heavy atom. The van der Waals surface area contributed by atoms with Gasteiger partial charge in [-0.1, -0.05) is 28.9 Å². The van der Waals surface area contributed by atoms with E-state index in [1.165, 1.54) is 11.9 Å². The number of nitrogens with two attached hydrogens (primary N) is 1. The largest absolute Gasteiger partial charge is 0.409 e. The van der Waals surface area contributed by atoms with Gasteiger partial charge in [-0.15, -0.1) is 0 Å². The number of amidine groups is 1. The lowest BCUT2D eigenvalue weighted by Crippen LogP contribution is -2.43. The Bertz CT molecular complexity index is 462. The predicted octanol–water partition coefficient (Wildman–Crippen LogP) is 2.70. The summed E-state index contributed by atoms with van der Waals surface area (Å²) in [6.45, 7) is -0.107. The van der Waals surface area contributed by atoms with E-state index < -0.39 is 24.5 Å². The Hall–Kier alpha value is -1.47. The molecule has 3 N–H and O–H groups in total. The Balaban J connectivity index is 2.71. The van der Waals surface area contributed by atoms with Gasteiger partial charge < -0.3 is 15.8 Å². The molecule has 4 nitrogen and oxygen atoms in total. The van der Waals surface area contributed by atoms with E-state index >= 15 is 0 Å². The Morgan fingerprint density at radius 3 is 2.40 bits per heavy atom. The monoisotopic (exact) mass is 309 g/mol. The number of rotatable bonds is 5. The van der Waals surface area contributed by atoms with Crippen molar-refractivity contribution >= 4 is 17.4 Å². The van der Waals surface area contributed by atoms with Crippen LogP contribution in [0.4, 0.5) is 13.2 Å². The third kappa shape index (κ3) is 4.90. The van der Waals surface area contributed by atoms with Crippen molar-refractivity contribution in [1.82, 2.24) is 4.90 Å². The van der Waals surface area contributed by atoms with Gasteiger partial charge in [0.15, 0.2) is 5.84 Å². The van der Waals surface area contributed by atoms with Crippen LogP contribution in [0.2, 0.25) is 5.02 Å². The minimum Gasteiger partial charge on any atom is -0.409 e. The highest BCUT2D eigenvalue weighted by Crippen LogP contribution is 2.27. The van der Waals surface area contributed by atoms with Crippen LogP contribution in [0.5, 0.6) is 0 Å². The van der Waals surface area contributed by atoms with E-state index in [1.54, 1.807) is 24.3 Å². The first-order valence-electron chi connectivity index (χ1n) is 5.71. The van der Waals surface area contributed by atoms with Crippen LogP contribution in [0.25, 0.3) is 0 Å². The smallest absolute Gasteiger partial charge is 0.400 e. The molecule has 8 heteroatoms. The van der Waals surface area contributed by atoms with E-state index in [9.17, 15) is 13.2 Å². The Morgan fingerprint density at radius 1 is 1.40 bits per heavy atom. The standard InChI is InChI=1S/C12H15ClF3N3O/c1-19(6-8-2-4-9(13)5-3-8)7-10(11(17)18-20)12(14,15)16/h2-5,10,20H,6-7H2,1H3,(H2,17,18). The Kier molecular flexibility index (Phi) is 5.64. The molecule has 1 unspecified atom stereocenters. The maximum Gasteiger partial charge on any atom is 0.400 e. The molecule has 1 aromatic rings. The summed E-state index contributed by atoms with van der Waals surface area (Å²) in [5.41, 5.74) is 5.92. The molecule has 0 radical (unpaired) electrons. The maximum atomic E-state index is 12.8.